The van der Waals surface area contributed by atoms with Gasteiger partial charge in [-0.2, -0.15) is 4.31 Å². The zero-order chi connectivity index (χ0) is 23.3. The van der Waals surface area contributed by atoms with E-state index in [-0.39, 0.29) is 10.8 Å². The van der Waals surface area contributed by atoms with Crippen LogP contribution in [0.2, 0.25) is 5.02 Å². The van der Waals surface area contributed by atoms with Gasteiger partial charge >= 0.3 is 0 Å². The maximum absolute atomic E-state index is 12.7. The molecule has 0 unspecified atom stereocenters. The number of nitrogens with one attached hydrogen (secondary N) is 1. The van der Waals surface area contributed by atoms with E-state index in [9.17, 15) is 13.2 Å². The van der Waals surface area contributed by atoms with Gasteiger partial charge in [-0.25, -0.2) is 8.42 Å². The molecule has 0 bridgehead atoms. The number of hydrogen-bond donors (Lipinski definition) is 1. The van der Waals surface area contributed by atoms with E-state index in [2.05, 4.69) is 10.2 Å². The Balaban J connectivity index is 1.42. The number of anilines is 2. The molecule has 33 heavy (non-hydrogen) atoms. The van der Waals surface area contributed by atoms with Crippen LogP contribution in [0, 0.1) is 0 Å². The third kappa shape index (κ3) is 5.93. The molecule has 2 fully saturated rings. The van der Waals surface area contributed by atoms with Gasteiger partial charge in [0, 0.05) is 37.3 Å². The molecule has 2 saturated heterocycles. The van der Waals surface area contributed by atoms with Crippen molar-refractivity contribution in [3.63, 3.8) is 0 Å². The van der Waals surface area contributed by atoms with Crippen molar-refractivity contribution < 1.29 is 22.7 Å². The highest BCUT2D eigenvalue weighted by Crippen LogP contribution is 2.30. The smallest absolute Gasteiger partial charge is 0.248 e. The van der Waals surface area contributed by atoms with Crippen LogP contribution >= 0.6 is 11.6 Å². The van der Waals surface area contributed by atoms with Crippen LogP contribution in [0.25, 0.3) is 6.08 Å². The van der Waals surface area contributed by atoms with E-state index < -0.39 is 10.0 Å². The van der Waals surface area contributed by atoms with Crippen molar-refractivity contribution in [1.29, 1.82) is 0 Å². The quantitative estimate of drug-likeness (QED) is 0.625. The van der Waals surface area contributed by atoms with Crippen molar-refractivity contribution in [3.8, 4) is 0 Å². The molecule has 0 saturated carbocycles. The van der Waals surface area contributed by atoms with Crippen LogP contribution in [0.15, 0.2) is 53.4 Å². The molecule has 8 nitrogen and oxygen atoms in total. The van der Waals surface area contributed by atoms with Crippen LogP contribution in [0.4, 0.5) is 11.4 Å². The molecule has 0 aliphatic carbocycles. The van der Waals surface area contributed by atoms with Gasteiger partial charge in [0.2, 0.25) is 15.9 Å². The monoisotopic (exact) mass is 491 g/mol. The average molecular weight is 492 g/mol. The predicted octanol–water partition coefficient (Wildman–Crippen LogP) is 2.85. The number of halogens is 1. The lowest BCUT2D eigenvalue weighted by Gasteiger charge is -2.30. The second-order valence-electron chi connectivity index (χ2n) is 7.67. The van der Waals surface area contributed by atoms with Crippen LogP contribution in [0.3, 0.4) is 0 Å². The highest BCUT2D eigenvalue weighted by atomic mass is 35.5. The molecule has 0 aromatic heterocycles. The molecular formula is C23H26ClN3O5S. The first-order valence-corrected chi connectivity index (χ1v) is 12.5. The Bertz CT molecular complexity index is 1110. The lowest BCUT2D eigenvalue weighted by atomic mass is 10.2. The van der Waals surface area contributed by atoms with Gasteiger partial charge in [-0.1, -0.05) is 23.7 Å². The molecule has 0 spiro atoms. The molecule has 0 radical (unpaired) electrons. The van der Waals surface area contributed by atoms with E-state index in [1.54, 1.807) is 42.5 Å². The van der Waals surface area contributed by atoms with Gasteiger partial charge in [0.15, 0.2) is 0 Å². The Morgan fingerprint density at radius 2 is 1.58 bits per heavy atom. The van der Waals surface area contributed by atoms with Gasteiger partial charge in [0.1, 0.15) is 0 Å². The zero-order valence-electron chi connectivity index (χ0n) is 18.1. The maximum atomic E-state index is 12.7. The Morgan fingerprint density at radius 1 is 0.939 bits per heavy atom. The summed E-state index contributed by atoms with van der Waals surface area (Å²) >= 11 is 6.15. The minimum Gasteiger partial charge on any atom is -0.379 e. The Morgan fingerprint density at radius 3 is 2.24 bits per heavy atom. The van der Waals surface area contributed by atoms with E-state index >= 15 is 0 Å². The van der Waals surface area contributed by atoms with Gasteiger partial charge in [0.25, 0.3) is 0 Å². The number of carbonyl (C=O) groups is 1. The third-order valence-corrected chi connectivity index (χ3v) is 7.63. The van der Waals surface area contributed by atoms with Crippen molar-refractivity contribution in [2.24, 2.45) is 0 Å². The number of rotatable bonds is 6. The van der Waals surface area contributed by atoms with Crippen molar-refractivity contribution in [2.45, 2.75) is 4.90 Å². The number of carbonyl (C=O) groups excluding carboxylic acids is 1. The molecule has 10 heteroatoms. The van der Waals surface area contributed by atoms with E-state index in [1.165, 1.54) is 10.4 Å². The first kappa shape index (κ1) is 23.7. The maximum Gasteiger partial charge on any atom is 0.248 e. The summed E-state index contributed by atoms with van der Waals surface area (Å²) < 4.78 is 37.5. The number of morpholine rings is 2. The van der Waals surface area contributed by atoms with Gasteiger partial charge in [-0.05, 0) is 42.0 Å². The summed E-state index contributed by atoms with van der Waals surface area (Å²) in [5, 5.41) is 3.42. The highest BCUT2D eigenvalue weighted by molar-refractivity contribution is 7.89. The Kier molecular flexibility index (Phi) is 7.67. The average Bonchev–Trinajstić information content (AvgIpc) is 2.84. The molecular weight excluding hydrogens is 466 g/mol. The van der Waals surface area contributed by atoms with E-state index in [0.29, 0.717) is 55.8 Å². The summed E-state index contributed by atoms with van der Waals surface area (Å²) in [7, 11) is -3.55. The van der Waals surface area contributed by atoms with Crippen molar-refractivity contribution in [3.05, 3.63) is 59.1 Å². The molecule has 0 atom stereocenters. The number of amides is 1. The molecule has 2 aromatic rings. The highest BCUT2D eigenvalue weighted by Gasteiger charge is 2.26. The second-order valence-corrected chi connectivity index (χ2v) is 10.0. The topological polar surface area (TPSA) is 88.2 Å². The number of sulfonamides is 1. The first-order valence-electron chi connectivity index (χ1n) is 10.7. The van der Waals surface area contributed by atoms with Gasteiger partial charge in [0.05, 0.1) is 42.7 Å². The summed E-state index contributed by atoms with van der Waals surface area (Å²) in [6.45, 7) is 4.23. The zero-order valence-corrected chi connectivity index (χ0v) is 19.6. The van der Waals surface area contributed by atoms with Gasteiger partial charge in [-0.15, -0.1) is 0 Å². The summed E-state index contributed by atoms with van der Waals surface area (Å²) in [4.78, 5) is 14.9. The summed E-state index contributed by atoms with van der Waals surface area (Å²) in [5.74, 6) is -0.309. The fraction of sp³-hybridized carbons (Fsp3) is 0.348. The predicted molar refractivity (Wildman–Crippen MR) is 128 cm³/mol. The SMILES string of the molecule is O=C(C=Cc1ccc(S(=O)(=O)N2CCOCC2)cc1)Nc1cc(Cl)ccc1N1CCOCC1. The molecule has 2 aliphatic rings. The third-order valence-electron chi connectivity index (χ3n) is 5.48. The summed E-state index contributed by atoms with van der Waals surface area (Å²) in [6.07, 6.45) is 3.05. The van der Waals surface area contributed by atoms with Crippen molar-refractivity contribution >= 4 is 45.0 Å². The minimum absolute atomic E-state index is 0.222. The van der Waals surface area contributed by atoms with Crippen LogP contribution in [-0.4, -0.2) is 71.2 Å². The fourth-order valence-electron chi connectivity index (χ4n) is 3.72. The number of benzene rings is 2. The molecule has 2 aliphatic heterocycles. The van der Waals surface area contributed by atoms with E-state index in [0.717, 1.165) is 18.8 Å². The van der Waals surface area contributed by atoms with Gasteiger partial charge in [-0.3, -0.25) is 4.79 Å². The van der Waals surface area contributed by atoms with Crippen LogP contribution in [0.5, 0.6) is 0 Å². The Labute approximate surface area is 198 Å². The summed E-state index contributed by atoms with van der Waals surface area (Å²) in [5.41, 5.74) is 2.23. The number of hydrogen-bond acceptors (Lipinski definition) is 6. The number of nitrogens with zero attached hydrogens (tertiary/aromatic N) is 2. The van der Waals surface area contributed by atoms with Crippen LogP contribution in [-0.2, 0) is 24.3 Å². The normalized spacial score (nSPS) is 17.9. The first-order chi connectivity index (χ1) is 15.9. The summed E-state index contributed by atoms with van der Waals surface area (Å²) in [6, 6.07) is 11.9. The molecule has 1 N–H and O–H groups in total. The Hall–Kier alpha value is -2.43. The van der Waals surface area contributed by atoms with Crippen LogP contribution < -0.4 is 10.2 Å². The molecule has 4 rings (SSSR count). The van der Waals surface area contributed by atoms with Gasteiger partial charge < -0.3 is 19.7 Å². The fourth-order valence-corrected chi connectivity index (χ4v) is 5.30. The van der Waals surface area contributed by atoms with Crippen molar-refractivity contribution in [2.75, 3.05) is 62.8 Å². The molecule has 1 amide bonds. The molecule has 2 heterocycles. The lowest BCUT2D eigenvalue weighted by Crippen LogP contribution is -2.40. The number of ether oxygens (including phenoxy) is 2. The molecule has 176 valence electrons. The largest absolute Gasteiger partial charge is 0.379 e. The van der Waals surface area contributed by atoms with Crippen molar-refractivity contribution in [1.82, 2.24) is 4.31 Å². The van der Waals surface area contributed by atoms with E-state index in [1.807, 2.05) is 6.07 Å². The minimum atomic E-state index is -3.55. The lowest BCUT2D eigenvalue weighted by molar-refractivity contribution is -0.111. The second kappa shape index (κ2) is 10.7. The standard InChI is InChI=1S/C23H26ClN3O5S/c24-19-4-7-22(26-9-13-31-14-10-26)21(17-19)25-23(28)8-3-18-1-5-20(6-2-18)33(29,30)27-11-15-32-16-12-27/h1-8,17H,9-16H2,(H,25,28). The van der Waals surface area contributed by atoms with E-state index in [4.69, 9.17) is 21.1 Å². The van der Waals surface area contributed by atoms with Crippen LogP contribution in [0.1, 0.15) is 5.56 Å². The molecule has 2 aromatic carbocycles.